The van der Waals surface area contributed by atoms with Crippen molar-refractivity contribution in [2.24, 2.45) is 4.99 Å². The Labute approximate surface area is 171 Å². The standard InChI is InChI=1S/C21H19BrN4O2/c1-13-12-24-21-17(7-9-19(27)28-2)25-20(16-5-3-4-10-23-16)15-11-14(22)6-8-18(15)26(13)21/h3-6,8,10-12,17H,7,9H2,1-2H3/t17-/m0/s1. The summed E-state index contributed by atoms with van der Waals surface area (Å²) in [7, 11) is 1.40. The lowest BCUT2D eigenvalue weighted by molar-refractivity contribution is -0.140. The maximum absolute atomic E-state index is 11.8. The molecule has 0 saturated heterocycles. The largest absolute Gasteiger partial charge is 0.469 e. The van der Waals surface area contributed by atoms with Crippen molar-refractivity contribution in [2.45, 2.75) is 25.8 Å². The zero-order valence-electron chi connectivity index (χ0n) is 15.6. The first kappa shape index (κ1) is 18.6. The summed E-state index contributed by atoms with van der Waals surface area (Å²) in [6.07, 6.45) is 4.38. The van der Waals surface area contributed by atoms with E-state index < -0.39 is 0 Å². The van der Waals surface area contributed by atoms with E-state index in [1.165, 1.54) is 7.11 Å². The van der Waals surface area contributed by atoms with Crippen LogP contribution in [0.1, 0.15) is 41.7 Å². The summed E-state index contributed by atoms with van der Waals surface area (Å²) in [5.74, 6) is 0.560. The number of benzene rings is 1. The van der Waals surface area contributed by atoms with Gasteiger partial charge in [-0.25, -0.2) is 4.98 Å². The molecule has 2 aromatic heterocycles. The number of nitrogens with zero attached hydrogens (tertiary/aromatic N) is 4. The van der Waals surface area contributed by atoms with Gasteiger partial charge in [-0.3, -0.25) is 19.3 Å². The smallest absolute Gasteiger partial charge is 0.305 e. The molecule has 1 aromatic carbocycles. The third-order valence-corrected chi connectivity index (χ3v) is 5.25. The van der Waals surface area contributed by atoms with Crippen molar-refractivity contribution in [3.8, 4) is 5.69 Å². The maximum Gasteiger partial charge on any atom is 0.305 e. The molecule has 4 rings (SSSR count). The van der Waals surface area contributed by atoms with Crippen molar-refractivity contribution in [1.29, 1.82) is 0 Å². The number of rotatable bonds is 4. The van der Waals surface area contributed by atoms with Crippen LogP contribution < -0.4 is 0 Å². The lowest BCUT2D eigenvalue weighted by atomic mass is 10.0. The van der Waals surface area contributed by atoms with E-state index in [2.05, 4.69) is 42.6 Å². The van der Waals surface area contributed by atoms with Gasteiger partial charge >= 0.3 is 5.97 Å². The average molecular weight is 439 g/mol. The van der Waals surface area contributed by atoms with Crippen molar-refractivity contribution in [2.75, 3.05) is 7.11 Å². The van der Waals surface area contributed by atoms with Gasteiger partial charge in [-0.05, 0) is 43.7 Å². The zero-order valence-corrected chi connectivity index (χ0v) is 17.2. The van der Waals surface area contributed by atoms with Gasteiger partial charge in [0.25, 0.3) is 0 Å². The molecule has 0 radical (unpaired) electrons. The third kappa shape index (κ3) is 3.38. The number of aromatic nitrogens is 3. The number of aryl methyl sites for hydroxylation is 1. The quantitative estimate of drug-likeness (QED) is 0.572. The van der Waals surface area contributed by atoms with E-state index in [-0.39, 0.29) is 18.4 Å². The third-order valence-electron chi connectivity index (χ3n) is 4.76. The molecule has 0 N–H and O–H groups in total. The summed E-state index contributed by atoms with van der Waals surface area (Å²) >= 11 is 3.58. The molecule has 1 aliphatic rings. The van der Waals surface area contributed by atoms with Crippen LogP contribution in [0.2, 0.25) is 0 Å². The zero-order chi connectivity index (χ0) is 19.7. The number of pyridine rings is 1. The van der Waals surface area contributed by atoms with Crippen LogP contribution in [0.15, 0.2) is 58.3 Å². The van der Waals surface area contributed by atoms with Gasteiger partial charge in [0, 0.05) is 34.5 Å². The van der Waals surface area contributed by atoms with Gasteiger partial charge in [-0.2, -0.15) is 0 Å². The minimum absolute atomic E-state index is 0.256. The molecule has 1 atom stereocenters. The second kappa shape index (κ2) is 7.67. The van der Waals surface area contributed by atoms with Crippen LogP contribution in [0.3, 0.4) is 0 Å². The number of carbonyl (C=O) groups is 1. The fraction of sp³-hybridized carbons (Fsp3) is 0.238. The number of halogens is 1. The van der Waals surface area contributed by atoms with Crippen LogP contribution >= 0.6 is 15.9 Å². The van der Waals surface area contributed by atoms with E-state index in [0.717, 1.165) is 38.6 Å². The van der Waals surface area contributed by atoms with Crippen LogP contribution in [-0.2, 0) is 9.53 Å². The first-order valence-corrected chi connectivity index (χ1v) is 9.78. The molecule has 28 heavy (non-hydrogen) atoms. The molecule has 0 aliphatic carbocycles. The molecule has 3 heterocycles. The highest BCUT2D eigenvalue weighted by molar-refractivity contribution is 9.10. The second-order valence-electron chi connectivity index (χ2n) is 6.58. The van der Waals surface area contributed by atoms with Crippen molar-refractivity contribution in [3.63, 3.8) is 0 Å². The van der Waals surface area contributed by atoms with Gasteiger partial charge in [0.1, 0.15) is 11.9 Å². The average Bonchev–Trinajstić information content (AvgIpc) is 3.03. The Bertz CT molecular complexity index is 1060. The first-order valence-electron chi connectivity index (χ1n) is 8.99. The number of fused-ring (bicyclic) bond motifs is 3. The van der Waals surface area contributed by atoms with Crippen molar-refractivity contribution in [3.05, 3.63) is 76.0 Å². The normalized spacial score (nSPS) is 15.2. The van der Waals surface area contributed by atoms with E-state index >= 15 is 0 Å². The molecular formula is C21H19BrN4O2. The van der Waals surface area contributed by atoms with Crippen LogP contribution in [0.4, 0.5) is 0 Å². The number of hydrogen-bond donors (Lipinski definition) is 0. The van der Waals surface area contributed by atoms with Gasteiger partial charge in [-0.1, -0.05) is 22.0 Å². The van der Waals surface area contributed by atoms with E-state index in [9.17, 15) is 4.79 Å². The molecule has 1 aliphatic heterocycles. The van der Waals surface area contributed by atoms with Crippen molar-refractivity contribution in [1.82, 2.24) is 14.5 Å². The predicted molar refractivity (Wildman–Crippen MR) is 110 cm³/mol. The van der Waals surface area contributed by atoms with Crippen LogP contribution in [0.25, 0.3) is 5.69 Å². The summed E-state index contributed by atoms with van der Waals surface area (Å²) in [4.78, 5) is 25.9. The van der Waals surface area contributed by atoms with E-state index in [1.54, 1.807) is 6.20 Å². The molecule has 3 aromatic rings. The molecule has 7 heteroatoms. The Morgan fingerprint density at radius 1 is 1.25 bits per heavy atom. The van der Waals surface area contributed by atoms with Gasteiger partial charge in [0.2, 0.25) is 0 Å². The molecule has 142 valence electrons. The van der Waals surface area contributed by atoms with Crippen LogP contribution in [0.5, 0.6) is 0 Å². The summed E-state index contributed by atoms with van der Waals surface area (Å²) < 4.78 is 7.90. The lowest BCUT2D eigenvalue weighted by Crippen LogP contribution is -2.09. The van der Waals surface area contributed by atoms with Gasteiger partial charge in [0.05, 0.1) is 24.2 Å². The number of esters is 1. The minimum atomic E-state index is -0.281. The number of imidazole rings is 1. The monoisotopic (exact) mass is 438 g/mol. The van der Waals surface area contributed by atoms with E-state index in [0.29, 0.717) is 6.42 Å². The predicted octanol–water partition coefficient (Wildman–Crippen LogP) is 4.18. The van der Waals surface area contributed by atoms with Gasteiger partial charge in [0.15, 0.2) is 0 Å². The van der Waals surface area contributed by atoms with Gasteiger partial charge < -0.3 is 4.74 Å². The Balaban J connectivity index is 1.93. The number of ether oxygens (including phenoxy) is 1. The summed E-state index contributed by atoms with van der Waals surface area (Å²) in [6, 6.07) is 11.6. The fourth-order valence-electron chi connectivity index (χ4n) is 3.44. The molecule has 0 amide bonds. The lowest BCUT2D eigenvalue weighted by Gasteiger charge is -2.14. The molecule has 0 spiro atoms. The number of carbonyl (C=O) groups excluding carboxylic acids is 1. The van der Waals surface area contributed by atoms with Crippen LogP contribution in [-0.4, -0.2) is 33.3 Å². The van der Waals surface area contributed by atoms with Gasteiger partial charge in [-0.15, -0.1) is 0 Å². The summed E-state index contributed by atoms with van der Waals surface area (Å²) in [5, 5.41) is 0. The highest BCUT2D eigenvalue weighted by atomic mass is 79.9. The van der Waals surface area contributed by atoms with E-state index in [4.69, 9.17) is 9.73 Å². The number of methoxy groups -OCH3 is 1. The molecule has 0 unspecified atom stereocenters. The van der Waals surface area contributed by atoms with E-state index in [1.807, 2.05) is 37.4 Å². The number of aliphatic imine (C=N–C) groups is 1. The minimum Gasteiger partial charge on any atom is -0.469 e. The maximum atomic E-state index is 11.8. The van der Waals surface area contributed by atoms with Crippen molar-refractivity contribution < 1.29 is 9.53 Å². The topological polar surface area (TPSA) is 69.4 Å². The molecule has 6 nitrogen and oxygen atoms in total. The Morgan fingerprint density at radius 3 is 2.86 bits per heavy atom. The molecular weight excluding hydrogens is 420 g/mol. The van der Waals surface area contributed by atoms with Crippen LogP contribution in [0, 0.1) is 6.92 Å². The second-order valence-corrected chi connectivity index (χ2v) is 7.49. The highest BCUT2D eigenvalue weighted by Gasteiger charge is 2.28. The Kier molecular flexibility index (Phi) is 5.09. The first-order chi connectivity index (χ1) is 13.6. The molecule has 0 fully saturated rings. The molecule has 0 bridgehead atoms. The van der Waals surface area contributed by atoms with Crippen molar-refractivity contribution >= 4 is 27.6 Å². The highest BCUT2D eigenvalue weighted by Crippen LogP contribution is 2.34. The summed E-state index contributed by atoms with van der Waals surface area (Å²) in [5.41, 5.74) is 4.55. The Hall–Kier alpha value is -2.80. The Morgan fingerprint density at radius 2 is 2.11 bits per heavy atom. The summed E-state index contributed by atoms with van der Waals surface area (Å²) in [6.45, 7) is 2.02. The molecule has 0 saturated carbocycles. The fourth-order valence-corrected chi connectivity index (χ4v) is 3.80. The number of hydrogen-bond acceptors (Lipinski definition) is 5. The SMILES string of the molecule is COC(=O)CC[C@@H]1N=C(c2ccccn2)c2cc(Br)ccc2-n2c(C)cnc21.